The second-order valence-electron chi connectivity index (χ2n) is 4.63. The Morgan fingerprint density at radius 1 is 1.20 bits per heavy atom. The fourth-order valence-electron chi connectivity index (χ4n) is 2.03. The molecule has 1 aromatic rings. The van der Waals surface area contributed by atoms with E-state index >= 15 is 0 Å². The van der Waals surface area contributed by atoms with Crippen LogP contribution in [0.1, 0.15) is 0 Å². The summed E-state index contributed by atoms with van der Waals surface area (Å²) in [5, 5.41) is 0. The van der Waals surface area contributed by atoms with Crippen LogP contribution >= 0.6 is 45.7 Å². The molecule has 110 valence electrons. The van der Waals surface area contributed by atoms with E-state index in [1.54, 1.807) is 0 Å². The molecule has 1 saturated heterocycles. The van der Waals surface area contributed by atoms with Crippen LogP contribution < -0.4 is 4.90 Å². The van der Waals surface area contributed by atoms with E-state index in [2.05, 4.69) is 68.8 Å². The number of rotatable bonds is 2. The van der Waals surface area contributed by atoms with Crippen LogP contribution in [0.2, 0.25) is 0 Å². The van der Waals surface area contributed by atoms with Crippen LogP contribution in [-0.4, -0.2) is 52.6 Å². The number of anilines is 1. The third-order valence-electron chi connectivity index (χ3n) is 3.01. The molecule has 0 aliphatic carbocycles. The van der Waals surface area contributed by atoms with Gasteiger partial charge < -0.3 is 14.5 Å². The van der Waals surface area contributed by atoms with Gasteiger partial charge >= 0.3 is 0 Å². The van der Waals surface area contributed by atoms with Crippen molar-refractivity contribution >= 4 is 63.1 Å². The largest absolute Gasteiger partial charge is 0.378 e. The number of para-hydroxylation sites is 2. The van der Waals surface area contributed by atoms with Gasteiger partial charge in [-0.2, -0.15) is 0 Å². The second-order valence-corrected chi connectivity index (χ2v) is 8.40. The van der Waals surface area contributed by atoms with Crippen LogP contribution in [0.3, 0.4) is 0 Å². The Balaban J connectivity index is 2.33. The van der Waals surface area contributed by atoms with Gasteiger partial charge in [-0.15, -0.1) is 0 Å². The van der Waals surface area contributed by atoms with Crippen LogP contribution in [0, 0.1) is 0 Å². The van der Waals surface area contributed by atoms with Crippen LogP contribution in [0.15, 0.2) is 29.3 Å². The first-order valence-electron chi connectivity index (χ1n) is 6.39. The van der Waals surface area contributed by atoms with E-state index in [1.165, 1.54) is 5.69 Å². The van der Waals surface area contributed by atoms with E-state index in [0.717, 1.165) is 38.0 Å². The van der Waals surface area contributed by atoms with Crippen LogP contribution in [0.25, 0.3) is 0 Å². The van der Waals surface area contributed by atoms with Gasteiger partial charge in [0.1, 0.15) is 0 Å². The maximum Gasteiger partial charge on any atom is 0.219 e. The number of nitrogens with zero attached hydrogens (tertiary/aromatic N) is 4. The molecule has 0 amide bonds. The zero-order valence-electron chi connectivity index (χ0n) is 11.6. The maximum absolute atomic E-state index is 5.42. The number of guanidine groups is 1. The summed E-state index contributed by atoms with van der Waals surface area (Å²) in [5.74, 6) is 0.909. The summed E-state index contributed by atoms with van der Waals surface area (Å²) in [6.45, 7) is 3.40. The Morgan fingerprint density at radius 3 is 2.45 bits per heavy atom. The number of hydrogen-bond acceptors (Lipinski definition) is 3. The molecule has 1 heterocycles. The smallest absolute Gasteiger partial charge is 0.219 e. The van der Waals surface area contributed by atoms with Crippen molar-refractivity contribution in [2.24, 2.45) is 4.99 Å². The van der Waals surface area contributed by atoms with Gasteiger partial charge in [0.05, 0.1) is 70.3 Å². The molecule has 1 aliphatic heterocycles. The number of ether oxygens (including phenoxy) is 1. The lowest BCUT2D eigenvalue weighted by Crippen LogP contribution is -2.36. The molecule has 5 nitrogen and oxygen atoms in total. The van der Waals surface area contributed by atoms with Crippen molar-refractivity contribution in [1.82, 2.24) is 6.23 Å². The number of morpholine rings is 1. The zero-order valence-corrected chi connectivity index (χ0v) is 15.9. The molecule has 1 aliphatic rings. The van der Waals surface area contributed by atoms with E-state index in [4.69, 9.17) is 9.73 Å². The molecular formula is C13H18I2N4O. The van der Waals surface area contributed by atoms with Gasteiger partial charge in [-0.1, -0.05) is 12.1 Å². The molecule has 0 saturated carbocycles. The SMILES string of the molecule is CN(C)C(=Nc1ccccc1N1CCOCC1)N(I)I. The number of benzene rings is 1. The zero-order chi connectivity index (χ0) is 14.5. The van der Waals surface area contributed by atoms with Crippen molar-refractivity contribution in [2.75, 3.05) is 45.3 Å². The van der Waals surface area contributed by atoms with Gasteiger partial charge in [0.15, 0.2) is 0 Å². The predicted octanol–water partition coefficient (Wildman–Crippen LogP) is 3.07. The molecule has 20 heavy (non-hydrogen) atoms. The Labute approximate surface area is 148 Å². The highest BCUT2D eigenvalue weighted by Crippen LogP contribution is 2.30. The van der Waals surface area contributed by atoms with Crippen molar-refractivity contribution < 1.29 is 4.74 Å². The Hall–Kier alpha value is -0.290. The average Bonchev–Trinajstić information content (AvgIpc) is 2.45. The lowest BCUT2D eigenvalue weighted by atomic mass is 10.2. The van der Waals surface area contributed by atoms with Crippen LogP contribution in [0.5, 0.6) is 0 Å². The van der Waals surface area contributed by atoms with E-state index < -0.39 is 0 Å². The summed E-state index contributed by atoms with van der Waals surface area (Å²) in [4.78, 5) is 9.15. The molecule has 1 fully saturated rings. The lowest BCUT2D eigenvalue weighted by molar-refractivity contribution is 0.123. The standard InChI is InChI=1S/C13H18I2N4O/c1-17(2)13(19(14)15)16-11-5-3-4-6-12(11)18-7-9-20-10-8-18/h3-6H,7-10H2,1-2H3. The third kappa shape index (κ3) is 4.10. The summed E-state index contributed by atoms with van der Waals surface area (Å²) in [6.07, 6.45) is 0. The molecule has 0 atom stereocenters. The van der Waals surface area contributed by atoms with Gasteiger partial charge in [0.25, 0.3) is 0 Å². The maximum atomic E-state index is 5.42. The second kappa shape index (κ2) is 7.64. The molecule has 0 aromatic heterocycles. The molecule has 0 spiro atoms. The first-order chi connectivity index (χ1) is 9.59. The van der Waals surface area contributed by atoms with E-state index in [0.29, 0.717) is 0 Å². The van der Waals surface area contributed by atoms with Crippen molar-refractivity contribution in [3.8, 4) is 0 Å². The normalized spacial score (nSPS) is 16.2. The highest BCUT2D eigenvalue weighted by molar-refractivity contribution is 14.2. The van der Waals surface area contributed by atoms with E-state index in [1.807, 2.05) is 26.4 Å². The van der Waals surface area contributed by atoms with Crippen molar-refractivity contribution in [1.29, 1.82) is 0 Å². The Morgan fingerprint density at radius 2 is 1.85 bits per heavy atom. The topological polar surface area (TPSA) is 31.3 Å². The molecular weight excluding hydrogens is 482 g/mol. The first kappa shape index (κ1) is 16.1. The summed E-state index contributed by atoms with van der Waals surface area (Å²) in [5.41, 5.74) is 2.17. The van der Waals surface area contributed by atoms with Gasteiger partial charge in [0.2, 0.25) is 5.96 Å². The van der Waals surface area contributed by atoms with Gasteiger partial charge in [-0.05, 0) is 12.1 Å². The summed E-state index contributed by atoms with van der Waals surface area (Å²) >= 11 is 4.45. The first-order valence-corrected chi connectivity index (χ1v) is 8.32. The van der Waals surface area contributed by atoms with Crippen molar-refractivity contribution in [3.05, 3.63) is 24.3 Å². The highest BCUT2D eigenvalue weighted by atomic mass is 127. The molecule has 0 N–H and O–H groups in total. The Bertz CT molecular complexity index is 463. The third-order valence-corrected chi connectivity index (χ3v) is 3.87. The highest BCUT2D eigenvalue weighted by Gasteiger charge is 2.16. The van der Waals surface area contributed by atoms with Crippen LogP contribution in [0.4, 0.5) is 11.4 Å². The predicted molar refractivity (Wildman–Crippen MR) is 100 cm³/mol. The lowest BCUT2D eigenvalue weighted by Gasteiger charge is -2.30. The molecule has 1 aromatic carbocycles. The summed E-state index contributed by atoms with van der Waals surface area (Å²) in [7, 11) is 4.00. The summed E-state index contributed by atoms with van der Waals surface area (Å²) < 4.78 is 7.39. The van der Waals surface area contributed by atoms with Gasteiger partial charge in [-0.25, -0.2) is 6.32 Å². The molecule has 0 unspecified atom stereocenters. The minimum Gasteiger partial charge on any atom is -0.378 e. The number of aliphatic imine (C=N–C) groups is 1. The molecule has 7 heteroatoms. The molecule has 0 bridgehead atoms. The molecule has 2 rings (SSSR count). The monoisotopic (exact) mass is 500 g/mol. The molecule has 0 radical (unpaired) electrons. The average molecular weight is 500 g/mol. The fraction of sp³-hybridized carbons (Fsp3) is 0.462. The van der Waals surface area contributed by atoms with Gasteiger partial charge in [0, 0.05) is 27.2 Å². The van der Waals surface area contributed by atoms with Crippen molar-refractivity contribution in [3.63, 3.8) is 0 Å². The number of halogens is 2. The van der Waals surface area contributed by atoms with Crippen LogP contribution in [-0.2, 0) is 4.74 Å². The van der Waals surface area contributed by atoms with Gasteiger partial charge in [-0.3, -0.25) is 0 Å². The van der Waals surface area contributed by atoms with E-state index in [9.17, 15) is 0 Å². The Kier molecular flexibility index (Phi) is 6.15. The summed E-state index contributed by atoms with van der Waals surface area (Å²) in [6, 6.07) is 8.28. The minimum atomic E-state index is 0.781. The quantitative estimate of drug-likeness (QED) is 0.271. The fourth-order valence-corrected chi connectivity index (χ4v) is 3.11. The van der Waals surface area contributed by atoms with E-state index in [-0.39, 0.29) is 0 Å². The van der Waals surface area contributed by atoms with Crippen molar-refractivity contribution in [2.45, 2.75) is 0 Å². The number of hydrogen-bond donors (Lipinski definition) is 0. The minimum absolute atomic E-state index is 0.781.